The van der Waals surface area contributed by atoms with Gasteiger partial charge < -0.3 is 10.6 Å². The van der Waals surface area contributed by atoms with Gasteiger partial charge in [0.1, 0.15) is 0 Å². The van der Waals surface area contributed by atoms with E-state index in [0.717, 1.165) is 19.6 Å². The Morgan fingerprint density at radius 2 is 1.26 bits per heavy atom. The quantitative estimate of drug-likeness (QED) is 0.794. The molecule has 2 N–H and O–H groups in total. The lowest BCUT2D eigenvalue weighted by Gasteiger charge is -2.07. The largest absolute Gasteiger partial charge is 0.384 e. The van der Waals surface area contributed by atoms with Gasteiger partial charge in [0.2, 0.25) is 0 Å². The maximum Gasteiger partial charge on any atom is 0.0340 e. The predicted octanol–water partition coefficient (Wildman–Crippen LogP) is 3.73. The molecule has 0 bridgehead atoms. The zero-order valence-electron chi connectivity index (χ0n) is 10.7. The third-order valence-electron chi connectivity index (χ3n) is 2.58. The first-order valence-electron chi connectivity index (χ1n) is 5.99. The molecule has 0 unspecified atom stereocenters. The summed E-state index contributed by atoms with van der Waals surface area (Å²) in [6.07, 6.45) is 0. The fraction of sp³-hybridized carbons (Fsp3) is 0.200. The van der Waals surface area contributed by atoms with Crippen LogP contribution < -0.4 is 10.6 Å². The van der Waals surface area contributed by atoms with Crippen LogP contribution in [0.4, 0.5) is 5.69 Å². The monoisotopic (exact) mass is 298 g/mol. The number of para-hydroxylation sites is 1. The van der Waals surface area contributed by atoms with Gasteiger partial charge in [-0.05, 0) is 17.7 Å². The van der Waals surface area contributed by atoms with Crippen LogP contribution in [-0.4, -0.2) is 13.1 Å². The predicted molar refractivity (Wildman–Crippen MR) is 87.6 cm³/mol. The number of nitrogens with one attached hydrogen (secondary N) is 2. The van der Waals surface area contributed by atoms with Crippen LogP contribution >= 0.6 is 24.8 Å². The summed E-state index contributed by atoms with van der Waals surface area (Å²) in [5.74, 6) is 0. The van der Waals surface area contributed by atoms with Gasteiger partial charge in [0.05, 0.1) is 0 Å². The standard InChI is InChI=1S/C15H18N2.2ClH/c1-3-7-14(8-4-1)13-16-11-12-17-15-9-5-2-6-10-15;;/h1-10,16-17H,11-13H2;2*1H. The molecule has 104 valence electrons. The fourth-order valence-corrected chi connectivity index (χ4v) is 1.68. The van der Waals surface area contributed by atoms with Gasteiger partial charge in [0, 0.05) is 25.3 Å². The van der Waals surface area contributed by atoms with Crippen LogP contribution in [-0.2, 0) is 6.54 Å². The lowest BCUT2D eigenvalue weighted by Crippen LogP contribution is -2.21. The van der Waals surface area contributed by atoms with Gasteiger partial charge >= 0.3 is 0 Å². The summed E-state index contributed by atoms with van der Waals surface area (Å²) in [4.78, 5) is 0. The minimum absolute atomic E-state index is 0. The van der Waals surface area contributed by atoms with Gasteiger partial charge in [-0.15, -0.1) is 24.8 Å². The van der Waals surface area contributed by atoms with Crippen molar-refractivity contribution in [2.24, 2.45) is 0 Å². The second-order valence-corrected chi connectivity index (χ2v) is 3.96. The van der Waals surface area contributed by atoms with Crippen molar-refractivity contribution in [2.45, 2.75) is 6.54 Å². The van der Waals surface area contributed by atoms with Crippen molar-refractivity contribution in [2.75, 3.05) is 18.4 Å². The minimum Gasteiger partial charge on any atom is -0.384 e. The average molecular weight is 299 g/mol. The Labute approximate surface area is 127 Å². The fourth-order valence-electron chi connectivity index (χ4n) is 1.68. The van der Waals surface area contributed by atoms with E-state index in [1.165, 1.54) is 11.3 Å². The molecule has 2 rings (SSSR count). The lowest BCUT2D eigenvalue weighted by molar-refractivity contribution is 0.707. The highest BCUT2D eigenvalue weighted by molar-refractivity contribution is 5.85. The van der Waals surface area contributed by atoms with Gasteiger partial charge in [0.25, 0.3) is 0 Å². The summed E-state index contributed by atoms with van der Waals surface area (Å²) in [5.41, 5.74) is 2.50. The van der Waals surface area contributed by atoms with E-state index >= 15 is 0 Å². The van der Waals surface area contributed by atoms with Gasteiger partial charge in [-0.1, -0.05) is 48.5 Å². The Morgan fingerprint density at radius 1 is 0.684 bits per heavy atom. The van der Waals surface area contributed by atoms with Gasteiger partial charge in [0.15, 0.2) is 0 Å². The van der Waals surface area contributed by atoms with Crippen LogP contribution in [0.1, 0.15) is 5.56 Å². The van der Waals surface area contributed by atoms with Crippen LogP contribution in [0.15, 0.2) is 60.7 Å². The molecule has 0 fully saturated rings. The molecule has 4 heteroatoms. The molecule has 2 aromatic rings. The van der Waals surface area contributed by atoms with Crippen LogP contribution in [0.5, 0.6) is 0 Å². The summed E-state index contributed by atoms with van der Waals surface area (Å²) < 4.78 is 0. The Hall–Kier alpha value is -1.22. The molecule has 0 aromatic heterocycles. The van der Waals surface area contributed by atoms with E-state index in [2.05, 4.69) is 47.0 Å². The van der Waals surface area contributed by atoms with Crippen LogP contribution in [0.25, 0.3) is 0 Å². The van der Waals surface area contributed by atoms with Crippen molar-refractivity contribution in [3.8, 4) is 0 Å². The molecule has 0 amide bonds. The van der Waals surface area contributed by atoms with Crippen molar-refractivity contribution in [3.63, 3.8) is 0 Å². The molecule has 0 heterocycles. The average Bonchev–Trinajstić information content (AvgIpc) is 2.41. The van der Waals surface area contributed by atoms with Gasteiger partial charge in [-0.2, -0.15) is 0 Å². The summed E-state index contributed by atoms with van der Waals surface area (Å²) >= 11 is 0. The molecule has 0 spiro atoms. The van der Waals surface area contributed by atoms with Crippen molar-refractivity contribution >= 4 is 30.5 Å². The maximum absolute atomic E-state index is 3.41. The van der Waals surface area contributed by atoms with Crippen LogP contribution in [0, 0.1) is 0 Å². The third kappa shape index (κ3) is 7.06. The van der Waals surface area contributed by atoms with Crippen molar-refractivity contribution in [1.29, 1.82) is 0 Å². The van der Waals surface area contributed by atoms with Gasteiger partial charge in [-0.3, -0.25) is 0 Å². The van der Waals surface area contributed by atoms with E-state index in [4.69, 9.17) is 0 Å². The van der Waals surface area contributed by atoms with Crippen molar-refractivity contribution < 1.29 is 0 Å². The summed E-state index contributed by atoms with van der Waals surface area (Å²) in [5, 5.41) is 6.78. The SMILES string of the molecule is Cl.Cl.c1ccc(CNCCNc2ccccc2)cc1. The normalized spacial score (nSPS) is 9.05. The zero-order valence-corrected chi connectivity index (χ0v) is 12.3. The molecule has 0 aliphatic rings. The molecule has 0 saturated carbocycles. The van der Waals surface area contributed by atoms with Crippen LogP contribution in [0.3, 0.4) is 0 Å². The minimum atomic E-state index is 0. The lowest BCUT2D eigenvalue weighted by atomic mass is 10.2. The number of rotatable bonds is 6. The Kier molecular flexibility index (Phi) is 9.99. The number of halogens is 2. The number of anilines is 1. The molecule has 19 heavy (non-hydrogen) atoms. The van der Waals surface area contributed by atoms with E-state index in [0.29, 0.717) is 0 Å². The summed E-state index contributed by atoms with van der Waals surface area (Å²) in [7, 11) is 0. The molecule has 0 aliphatic heterocycles. The Morgan fingerprint density at radius 3 is 1.89 bits per heavy atom. The topological polar surface area (TPSA) is 24.1 Å². The first-order valence-corrected chi connectivity index (χ1v) is 5.99. The Bertz CT molecular complexity index is 379. The highest BCUT2D eigenvalue weighted by Crippen LogP contribution is 2.03. The first-order chi connectivity index (χ1) is 8.45. The zero-order chi connectivity index (χ0) is 11.8. The molecular formula is C15H20Cl2N2. The molecule has 0 saturated heterocycles. The molecule has 0 atom stereocenters. The smallest absolute Gasteiger partial charge is 0.0340 e. The third-order valence-corrected chi connectivity index (χ3v) is 2.58. The maximum atomic E-state index is 3.41. The molecule has 0 aliphatic carbocycles. The van der Waals surface area contributed by atoms with Crippen LogP contribution in [0.2, 0.25) is 0 Å². The van der Waals surface area contributed by atoms with E-state index in [1.54, 1.807) is 0 Å². The summed E-state index contributed by atoms with van der Waals surface area (Å²) in [6, 6.07) is 20.7. The molecule has 2 nitrogen and oxygen atoms in total. The molecule has 0 radical (unpaired) electrons. The number of hydrogen-bond donors (Lipinski definition) is 2. The molecule has 2 aromatic carbocycles. The second kappa shape index (κ2) is 10.7. The number of hydrogen-bond acceptors (Lipinski definition) is 2. The Balaban J connectivity index is 0.00000162. The van der Waals surface area contributed by atoms with E-state index in [-0.39, 0.29) is 24.8 Å². The number of benzene rings is 2. The van der Waals surface area contributed by atoms with E-state index in [1.807, 2.05) is 24.3 Å². The second-order valence-electron chi connectivity index (χ2n) is 3.96. The van der Waals surface area contributed by atoms with Gasteiger partial charge in [-0.25, -0.2) is 0 Å². The van der Waals surface area contributed by atoms with Crippen molar-refractivity contribution in [3.05, 3.63) is 66.2 Å². The summed E-state index contributed by atoms with van der Waals surface area (Å²) in [6.45, 7) is 2.83. The van der Waals surface area contributed by atoms with E-state index in [9.17, 15) is 0 Å². The highest BCUT2D eigenvalue weighted by atomic mass is 35.5. The van der Waals surface area contributed by atoms with Crippen molar-refractivity contribution in [1.82, 2.24) is 5.32 Å². The molecular weight excluding hydrogens is 279 g/mol. The highest BCUT2D eigenvalue weighted by Gasteiger charge is 1.91. The first kappa shape index (κ1) is 17.8. The van der Waals surface area contributed by atoms with E-state index < -0.39 is 0 Å².